The Labute approximate surface area is 64.7 Å². The summed E-state index contributed by atoms with van der Waals surface area (Å²) in [6.07, 6.45) is 1.42. The van der Waals surface area contributed by atoms with Crippen LogP contribution >= 0.6 is 0 Å². The van der Waals surface area contributed by atoms with Gasteiger partial charge in [0.2, 0.25) is 0 Å². The van der Waals surface area contributed by atoms with Crippen molar-refractivity contribution in [3.63, 3.8) is 0 Å². The molecule has 1 rings (SSSR count). The van der Waals surface area contributed by atoms with E-state index < -0.39 is 0 Å². The molecule has 0 atom stereocenters. The first-order valence-electron chi connectivity index (χ1n) is 3.21. The molecule has 0 spiro atoms. The Bertz CT molecular complexity index is 274. The molecule has 0 fully saturated rings. The summed E-state index contributed by atoms with van der Waals surface area (Å²) in [4.78, 5) is 0. The fourth-order valence-electron chi connectivity index (χ4n) is 0.747. The van der Waals surface area contributed by atoms with E-state index in [1.165, 1.54) is 18.2 Å². The monoisotopic (exact) mass is 149 g/mol. The van der Waals surface area contributed by atoms with Crippen molar-refractivity contribution < 1.29 is 4.39 Å². The van der Waals surface area contributed by atoms with E-state index in [9.17, 15) is 4.39 Å². The fraction of sp³-hybridized carbons (Fsp3) is 0. The van der Waals surface area contributed by atoms with E-state index in [1.54, 1.807) is 12.1 Å². The minimum Gasteiger partial charge on any atom is -0.300 e. The Morgan fingerprint density at radius 1 is 1.36 bits per heavy atom. The van der Waals surface area contributed by atoms with Crippen LogP contribution in [0.25, 0.3) is 0 Å². The molecule has 0 aliphatic carbocycles. The van der Waals surface area contributed by atoms with E-state index in [2.05, 4.69) is 6.58 Å². The number of benzene rings is 1. The molecule has 1 aromatic carbocycles. The number of rotatable bonds is 2. The number of nitrogens with one attached hydrogen (secondary N) is 1. The van der Waals surface area contributed by atoms with Gasteiger partial charge in [-0.3, -0.25) is 0 Å². The van der Waals surface area contributed by atoms with Gasteiger partial charge in [0.1, 0.15) is 5.82 Å². The zero-order valence-electron chi connectivity index (χ0n) is 5.97. The SMILES string of the molecule is C=CC(=N)c1ccc(F)cc1. The van der Waals surface area contributed by atoms with E-state index in [4.69, 9.17) is 5.41 Å². The summed E-state index contributed by atoms with van der Waals surface area (Å²) < 4.78 is 12.4. The van der Waals surface area contributed by atoms with Gasteiger partial charge >= 0.3 is 0 Å². The third-order valence-electron chi connectivity index (χ3n) is 1.36. The van der Waals surface area contributed by atoms with Crippen molar-refractivity contribution in [2.45, 2.75) is 0 Å². The first-order valence-corrected chi connectivity index (χ1v) is 3.21. The van der Waals surface area contributed by atoms with Crippen LogP contribution < -0.4 is 0 Å². The zero-order valence-corrected chi connectivity index (χ0v) is 5.97. The summed E-state index contributed by atoms with van der Waals surface area (Å²) in [5, 5.41) is 7.31. The lowest BCUT2D eigenvalue weighted by Crippen LogP contribution is -1.92. The summed E-state index contributed by atoms with van der Waals surface area (Å²) in [6.45, 7) is 3.44. The maximum Gasteiger partial charge on any atom is 0.123 e. The largest absolute Gasteiger partial charge is 0.300 e. The smallest absolute Gasteiger partial charge is 0.123 e. The molecule has 0 aliphatic heterocycles. The summed E-state index contributed by atoms with van der Waals surface area (Å²) in [5.41, 5.74) is 0.992. The molecular formula is C9H8FN. The Morgan fingerprint density at radius 2 is 1.91 bits per heavy atom. The highest BCUT2D eigenvalue weighted by atomic mass is 19.1. The zero-order chi connectivity index (χ0) is 8.27. The van der Waals surface area contributed by atoms with E-state index in [0.29, 0.717) is 11.3 Å². The molecule has 0 bridgehead atoms. The Morgan fingerprint density at radius 3 is 2.36 bits per heavy atom. The van der Waals surface area contributed by atoms with Crippen molar-refractivity contribution in [1.29, 1.82) is 5.41 Å². The molecule has 0 aliphatic rings. The molecule has 0 saturated heterocycles. The lowest BCUT2D eigenvalue weighted by molar-refractivity contribution is 0.628. The predicted molar refractivity (Wildman–Crippen MR) is 43.4 cm³/mol. The summed E-state index contributed by atoms with van der Waals surface area (Å²) in [6, 6.07) is 5.76. The highest BCUT2D eigenvalue weighted by molar-refractivity contribution is 6.06. The van der Waals surface area contributed by atoms with E-state index in [1.807, 2.05) is 0 Å². The minimum absolute atomic E-state index is 0.286. The molecule has 0 aromatic heterocycles. The van der Waals surface area contributed by atoms with Gasteiger partial charge in [-0.25, -0.2) is 4.39 Å². The quantitative estimate of drug-likeness (QED) is 0.624. The third kappa shape index (κ3) is 1.74. The van der Waals surface area contributed by atoms with Crippen LogP contribution in [0.2, 0.25) is 0 Å². The molecule has 1 N–H and O–H groups in total. The topological polar surface area (TPSA) is 23.9 Å². The Balaban J connectivity index is 2.98. The predicted octanol–water partition coefficient (Wildman–Crippen LogP) is 2.38. The summed E-state index contributed by atoms with van der Waals surface area (Å²) in [7, 11) is 0. The van der Waals surface area contributed by atoms with Gasteiger partial charge < -0.3 is 5.41 Å². The molecule has 0 amide bonds. The van der Waals surface area contributed by atoms with Crippen LogP contribution in [0.15, 0.2) is 36.9 Å². The van der Waals surface area contributed by atoms with Crippen molar-refractivity contribution in [3.05, 3.63) is 48.3 Å². The second-order valence-electron chi connectivity index (χ2n) is 2.12. The minimum atomic E-state index is -0.286. The second kappa shape index (κ2) is 3.10. The van der Waals surface area contributed by atoms with Crippen LogP contribution in [0, 0.1) is 11.2 Å². The van der Waals surface area contributed by atoms with Gasteiger partial charge in [0.15, 0.2) is 0 Å². The van der Waals surface area contributed by atoms with E-state index in [0.717, 1.165) is 0 Å². The lowest BCUT2D eigenvalue weighted by atomic mass is 10.1. The molecule has 0 heterocycles. The molecule has 56 valence electrons. The number of halogens is 1. The van der Waals surface area contributed by atoms with Gasteiger partial charge in [-0.15, -0.1) is 0 Å². The van der Waals surface area contributed by atoms with Gasteiger partial charge in [0.25, 0.3) is 0 Å². The highest BCUT2D eigenvalue weighted by Crippen LogP contribution is 2.03. The van der Waals surface area contributed by atoms with Gasteiger partial charge in [0, 0.05) is 0 Å². The van der Waals surface area contributed by atoms with Gasteiger partial charge in [-0.1, -0.05) is 6.58 Å². The molecular weight excluding hydrogens is 141 g/mol. The average molecular weight is 149 g/mol. The number of hydrogen-bond donors (Lipinski definition) is 1. The number of hydrogen-bond acceptors (Lipinski definition) is 1. The fourth-order valence-corrected chi connectivity index (χ4v) is 0.747. The van der Waals surface area contributed by atoms with Gasteiger partial charge in [-0.2, -0.15) is 0 Å². The van der Waals surface area contributed by atoms with E-state index in [-0.39, 0.29) is 5.82 Å². The molecule has 0 unspecified atom stereocenters. The molecule has 11 heavy (non-hydrogen) atoms. The normalized spacial score (nSPS) is 9.18. The van der Waals surface area contributed by atoms with Crippen LogP contribution in [0.1, 0.15) is 5.56 Å². The van der Waals surface area contributed by atoms with Crippen molar-refractivity contribution in [3.8, 4) is 0 Å². The van der Waals surface area contributed by atoms with Crippen LogP contribution in [0.4, 0.5) is 4.39 Å². The van der Waals surface area contributed by atoms with Crippen molar-refractivity contribution >= 4 is 5.71 Å². The summed E-state index contributed by atoms with van der Waals surface area (Å²) >= 11 is 0. The highest BCUT2D eigenvalue weighted by Gasteiger charge is 1.95. The molecule has 2 heteroatoms. The third-order valence-corrected chi connectivity index (χ3v) is 1.36. The second-order valence-corrected chi connectivity index (χ2v) is 2.12. The average Bonchev–Trinajstić information content (AvgIpc) is 2.05. The molecule has 1 nitrogen and oxygen atoms in total. The van der Waals surface area contributed by atoms with Crippen LogP contribution in [-0.2, 0) is 0 Å². The van der Waals surface area contributed by atoms with Crippen LogP contribution in [0.5, 0.6) is 0 Å². The first kappa shape index (κ1) is 7.66. The van der Waals surface area contributed by atoms with Crippen molar-refractivity contribution in [1.82, 2.24) is 0 Å². The van der Waals surface area contributed by atoms with Gasteiger partial charge in [-0.05, 0) is 35.9 Å². The van der Waals surface area contributed by atoms with Crippen molar-refractivity contribution in [2.24, 2.45) is 0 Å². The first-order chi connectivity index (χ1) is 5.24. The maximum atomic E-state index is 12.4. The van der Waals surface area contributed by atoms with E-state index >= 15 is 0 Å². The molecule has 0 radical (unpaired) electrons. The Kier molecular flexibility index (Phi) is 2.16. The van der Waals surface area contributed by atoms with Crippen LogP contribution in [-0.4, -0.2) is 5.71 Å². The molecule has 0 saturated carbocycles. The van der Waals surface area contributed by atoms with Crippen molar-refractivity contribution in [2.75, 3.05) is 0 Å². The van der Waals surface area contributed by atoms with Crippen LogP contribution in [0.3, 0.4) is 0 Å². The lowest BCUT2D eigenvalue weighted by Gasteiger charge is -1.95. The standard InChI is InChI=1S/C9H8FN/c1-2-9(11)7-3-5-8(10)6-4-7/h2-6,11H,1H2. The maximum absolute atomic E-state index is 12.4. The summed E-state index contributed by atoms with van der Waals surface area (Å²) in [5.74, 6) is -0.286. The Hall–Kier alpha value is -1.44. The molecule has 1 aromatic rings. The number of allylic oxidation sites excluding steroid dienone is 1. The van der Waals surface area contributed by atoms with Gasteiger partial charge in [0.05, 0.1) is 5.71 Å².